The van der Waals surface area contributed by atoms with Gasteiger partial charge in [0.05, 0.1) is 23.5 Å². The highest BCUT2D eigenvalue weighted by Gasteiger charge is 2.25. The second kappa shape index (κ2) is 8.40. The summed E-state index contributed by atoms with van der Waals surface area (Å²) in [5, 5.41) is 6.89. The number of carbonyl (C=O) groups excluding carboxylic acids is 2. The molecule has 0 unspecified atom stereocenters. The fourth-order valence-electron chi connectivity index (χ4n) is 2.71. The van der Waals surface area contributed by atoms with Crippen molar-refractivity contribution in [3.05, 3.63) is 76.6 Å². The first kappa shape index (κ1) is 20.5. The largest absolute Gasteiger partial charge is 0.332 e. The Balaban J connectivity index is 1.74. The van der Waals surface area contributed by atoms with Gasteiger partial charge in [0.1, 0.15) is 16.8 Å². The van der Waals surface area contributed by atoms with E-state index in [0.29, 0.717) is 17.1 Å². The van der Waals surface area contributed by atoms with Crippen LogP contribution in [0.1, 0.15) is 16.1 Å². The Morgan fingerprint density at radius 2 is 1.62 bits per heavy atom. The fourth-order valence-corrected chi connectivity index (χ4v) is 3.06. The van der Waals surface area contributed by atoms with Crippen LogP contribution in [0.5, 0.6) is 0 Å². The fraction of sp³-hybridized carbons (Fsp3) is 0.150. The molecule has 3 aromatic rings. The third-order valence-corrected chi connectivity index (χ3v) is 4.49. The molecule has 0 saturated heterocycles. The lowest BCUT2D eigenvalue weighted by molar-refractivity contribution is -0.116. The summed E-state index contributed by atoms with van der Waals surface area (Å²) in [5.74, 6) is -1.77. The average molecular weight is 419 g/mol. The Morgan fingerprint density at radius 1 is 1.07 bits per heavy atom. The second-order valence-electron chi connectivity index (χ2n) is 6.36. The smallest absolute Gasteiger partial charge is 0.259 e. The SMILES string of the molecule is Cc1nn(-c2ccc(F)cc2)c(Cl)c1C(=O)N(C)CC(=O)Nc1ccc(F)cc1. The van der Waals surface area contributed by atoms with Gasteiger partial charge in [-0.15, -0.1) is 0 Å². The van der Waals surface area contributed by atoms with E-state index < -0.39 is 23.4 Å². The van der Waals surface area contributed by atoms with Crippen LogP contribution in [-0.2, 0) is 4.79 Å². The monoisotopic (exact) mass is 418 g/mol. The summed E-state index contributed by atoms with van der Waals surface area (Å²) in [6.07, 6.45) is 0. The zero-order chi connectivity index (χ0) is 21.1. The molecule has 0 aliphatic rings. The van der Waals surface area contributed by atoms with E-state index in [4.69, 9.17) is 11.6 Å². The van der Waals surface area contributed by atoms with Crippen molar-refractivity contribution >= 4 is 29.1 Å². The number of benzene rings is 2. The molecule has 1 heterocycles. The van der Waals surface area contributed by atoms with E-state index in [1.54, 1.807) is 6.92 Å². The molecular weight excluding hydrogens is 402 g/mol. The summed E-state index contributed by atoms with van der Waals surface area (Å²) in [4.78, 5) is 26.2. The molecule has 0 radical (unpaired) electrons. The number of nitrogens with zero attached hydrogens (tertiary/aromatic N) is 3. The van der Waals surface area contributed by atoms with Gasteiger partial charge in [0.2, 0.25) is 5.91 Å². The van der Waals surface area contributed by atoms with Crippen molar-refractivity contribution in [2.45, 2.75) is 6.92 Å². The molecule has 0 spiro atoms. The number of aryl methyl sites for hydroxylation is 1. The maximum absolute atomic E-state index is 13.1. The molecule has 29 heavy (non-hydrogen) atoms. The van der Waals surface area contributed by atoms with E-state index in [1.807, 2.05) is 0 Å². The van der Waals surface area contributed by atoms with Crippen molar-refractivity contribution in [1.29, 1.82) is 0 Å². The summed E-state index contributed by atoms with van der Waals surface area (Å²) in [7, 11) is 1.46. The van der Waals surface area contributed by atoms with Crippen LogP contribution < -0.4 is 5.32 Å². The van der Waals surface area contributed by atoms with Crippen LogP contribution in [0.2, 0.25) is 5.15 Å². The third-order valence-electron chi connectivity index (χ3n) is 4.14. The number of amides is 2. The van der Waals surface area contributed by atoms with Crippen LogP contribution in [-0.4, -0.2) is 40.1 Å². The van der Waals surface area contributed by atoms with Crippen LogP contribution in [0, 0.1) is 18.6 Å². The van der Waals surface area contributed by atoms with E-state index in [1.165, 1.54) is 65.2 Å². The normalized spacial score (nSPS) is 10.7. The van der Waals surface area contributed by atoms with E-state index in [9.17, 15) is 18.4 Å². The number of likely N-dealkylation sites (N-methyl/N-ethyl adjacent to an activating group) is 1. The zero-order valence-electron chi connectivity index (χ0n) is 15.6. The summed E-state index contributed by atoms with van der Waals surface area (Å²) >= 11 is 6.35. The predicted octanol–water partition coefficient (Wildman–Crippen LogP) is 3.82. The van der Waals surface area contributed by atoms with Crippen molar-refractivity contribution in [3.8, 4) is 5.69 Å². The first-order valence-electron chi connectivity index (χ1n) is 8.58. The van der Waals surface area contributed by atoms with Gasteiger partial charge in [-0.05, 0) is 55.5 Å². The maximum atomic E-state index is 13.1. The number of nitrogens with one attached hydrogen (secondary N) is 1. The minimum atomic E-state index is -0.491. The lowest BCUT2D eigenvalue weighted by Gasteiger charge is -2.17. The van der Waals surface area contributed by atoms with E-state index >= 15 is 0 Å². The van der Waals surface area contributed by atoms with Gasteiger partial charge in [-0.25, -0.2) is 13.5 Å². The van der Waals surface area contributed by atoms with Crippen molar-refractivity contribution in [3.63, 3.8) is 0 Å². The highest BCUT2D eigenvalue weighted by atomic mass is 35.5. The van der Waals surface area contributed by atoms with Gasteiger partial charge >= 0.3 is 0 Å². The molecule has 1 N–H and O–H groups in total. The maximum Gasteiger partial charge on any atom is 0.259 e. The summed E-state index contributed by atoms with van der Waals surface area (Å²) in [5.41, 5.74) is 1.43. The van der Waals surface area contributed by atoms with Crippen LogP contribution >= 0.6 is 11.6 Å². The van der Waals surface area contributed by atoms with E-state index in [2.05, 4.69) is 10.4 Å². The predicted molar refractivity (Wildman–Crippen MR) is 105 cm³/mol. The number of hydrogen-bond donors (Lipinski definition) is 1. The van der Waals surface area contributed by atoms with Crippen molar-refractivity contribution in [2.75, 3.05) is 18.9 Å². The quantitative estimate of drug-likeness (QED) is 0.685. The molecule has 0 atom stereocenters. The van der Waals surface area contributed by atoms with Crippen LogP contribution in [0.3, 0.4) is 0 Å². The van der Waals surface area contributed by atoms with Crippen LogP contribution in [0.4, 0.5) is 14.5 Å². The molecule has 6 nitrogen and oxygen atoms in total. The molecule has 150 valence electrons. The molecule has 0 fully saturated rings. The Hall–Kier alpha value is -3.26. The van der Waals surface area contributed by atoms with Crippen LogP contribution in [0.25, 0.3) is 5.69 Å². The number of aromatic nitrogens is 2. The molecule has 2 aromatic carbocycles. The van der Waals surface area contributed by atoms with Gasteiger partial charge in [-0.2, -0.15) is 5.10 Å². The number of anilines is 1. The standard InChI is InChI=1S/C20H17ClF2N4O2/c1-12-18(19(21)27(25-12)16-9-5-14(23)6-10-16)20(29)26(2)11-17(28)24-15-7-3-13(22)4-8-15/h3-10H,11H2,1-2H3,(H,24,28). The van der Waals surface area contributed by atoms with Gasteiger partial charge in [0.15, 0.2) is 0 Å². The summed E-state index contributed by atoms with van der Waals surface area (Å²) in [6.45, 7) is 1.37. The first-order chi connectivity index (χ1) is 13.8. The molecule has 0 aliphatic carbocycles. The van der Waals surface area contributed by atoms with Crippen molar-refractivity contribution < 1.29 is 18.4 Å². The Kier molecular flexibility index (Phi) is 5.93. The Labute approximate surface area is 170 Å². The zero-order valence-corrected chi connectivity index (χ0v) is 16.4. The van der Waals surface area contributed by atoms with Crippen molar-refractivity contribution in [1.82, 2.24) is 14.7 Å². The molecule has 3 rings (SSSR count). The molecule has 2 amide bonds. The molecule has 0 aliphatic heterocycles. The van der Waals surface area contributed by atoms with Gasteiger partial charge in [-0.1, -0.05) is 11.6 Å². The van der Waals surface area contributed by atoms with E-state index in [-0.39, 0.29) is 17.3 Å². The number of halogens is 3. The molecule has 9 heteroatoms. The van der Waals surface area contributed by atoms with Gasteiger partial charge in [-0.3, -0.25) is 9.59 Å². The number of rotatable bonds is 5. The molecule has 0 saturated carbocycles. The van der Waals surface area contributed by atoms with Crippen LogP contribution in [0.15, 0.2) is 48.5 Å². The minimum absolute atomic E-state index is 0.0601. The lowest BCUT2D eigenvalue weighted by atomic mass is 10.2. The topological polar surface area (TPSA) is 67.2 Å². The minimum Gasteiger partial charge on any atom is -0.332 e. The highest BCUT2D eigenvalue weighted by molar-refractivity contribution is 6.33. The first-order valence-corrected chi connectivity index (χ1v) is 8.96. The third kappa shape index (κ3) is 4.60. The average Bonchev–Trinajstić information content (AvgIpc) is 2.97. The Bertz CT molecular complexity index is 1050. The van der Waals surface area contributed by atoms with Gasteiger partial charge in [0.25, 0.3) is 5.91 Å². The van der Waals surface area contributed by atoms with Gasteiger partial charge in [0, 0.05) is 12.7 Å². The number of hydrogen-bond acceptors (Lipinski definition) is 3. The number of carbonyl (C=O) groups is 2. The second-order valence-corrected chi connectivity index (χ2v) is 6.71. The Morgan fingerprint density at radius 3 is 2.21 bits per heavy atom. The summed E-state index contributed by atoms with van der Waals surface area (Å²) < 4.78 is 27.4. The lowest BCUT2D eigenvalue weighted by Crippen LogP contribution is -2.35. The molecule has 0 bridgehead atoms. The summed E-state index contributed by atoms with van der Waals surface area (Å²) in [6, 6.07) is 10.8. The van der Waals surface area contributed by atoms with Crippen molar-refractivity contribution in [2.24, 2.45) is 0 Å². The van der Waals surface area contributed by atoms with E-state index in [0.717, 1.165) is 0 Å². The van der Waals surface area contributed by atoms with Gasteiger partial charge < -0.3 is 10.2 Å². The molecular formula is C20H17ClF2N4O2. The molecule has 1 aromatic heterocycles. The highest BCUT2D eigenvalue weighted by Crippen LogP contribution is 2.25.